The molecule has 1 unspecified atom stereocenters. The fourth-order valence-electron chi connectivity index (χ4n) is 4.54. The normalized spacial score (nSPS) is 16.1. The maximum atomic E-state index is 12.9. The highest BCUT2D eigenvalue weighted by Crippen LogP contribution is 2.29. The van der Waals surface area contributed by atoms with Crippen LogP contribution in [0, 0.1) is 6.92 Å². The zero-order valence-corrected chi connectivity index (χ0v) is 17.7. The number of thiophene rings is 1. The molecule has 3 aromatic heterocycles. The summed E-state index contributed by atoms with van der Waals surface area (Å²) in [4.78, 5) is 25.4. The molecule has 7 heteroatoms. The van der Waals surface area contributed by atoms with Crippen LogP contribution in [0.3, 0.4) is 0 Å². The Labute approximate surface area is 178 Å². The average Bonchev–Trinajstić information content (AvgIpc) is 3.33. The molecule has 0 fully saturated rings. The molecule has 30 heavy (non-hydrogen) atoms. The molecule has 154 valence electrons. The van der Waals surface area contributed by atoms with Gasteiger partial charge in [-0.2, -0.15) is 5.10 Å². The molecular weight excluding hydrogens is 396 g/mol. The van der Waals surface area contributed by atoms with Crippen LogP contribution in [0.25, 0.3) is 15.7 Å². The van der Waals surface area contributed by atoms with Gasteiger partial charge in [0, 0.05) is 13.0 Å². The van der Waals surface area contributed by atoms with Crippen molar-refractivity contribution in [3.63, 3.8) is 0 Å². The maximum Gasteiger partial charge on any atom is 0.291 e. The van der Waals surface area contributed by atoms with Crippen LogP contribution in [-0.2, 0) is 17.8 Å². The van der Waals surface area contributed by atoms with E-state index in [1.807, 2.05) is 34.9 Å². The van der Waals surface area contributed by atoms with Gasteiger partial charge in [0.05, 0.1) is 16.3 Å². The number of carbonyl (C=O) groups is 1. The zero-order valence-electron chi connectivity index (χ0n) is 16.9. The van der Waals surface area contributed by atoms with E-state index in [2.05, 4.69) is 28.6 Å². The summed E-state index contributed by atoms with van der Waals surface area (Å²) in [6.45, 7) is 2.34. The number of fused-ring (bicyclic) bond motifs is 4. The van der Waals surface area contributed by atoms with Crippen LogP contribution in [0.1, 0.15) is 48.7 Å². The van der Waals surface area contributed by atoms with E-state index in [0.717, 1.165) is 35.3 Å². The quantitative estimate of drug-likeness (QED) is 0.531. The molecule has 0 radical (unpaired) electrons. The summed E-state index contributed by atoms with van der Waals surface area (Å²) in [7, 11) is 0. The van der Waals surface area contributed by atoms with Crippen molar-refractivity contribution in [3.05, 3.63) is 69.1 Å². The standard InChI is InChI=1S/C23H24N4O2S/c1-15-25-26(23(29)20-14-21-19(27(15)20)11-13-30-21)12-5-10-22(28)24-18-9-4-7-16-6-2-3-8-17(16)18/h2-3,6,8,11,13-14,18H,4-5,7,9-10,12H2,1H3,(H,24,28). The third-order valence-electron chi connectivity index (χ3n) is 5.94. The van der Waals surface area contributed by atoms with Crippen LogP contribution in [0.4, 0.5) is 0 Å². The lowest BCUT2D eigenvalue weighted by molar-refractivity contribution is -0.122. The van der Waals surface area contributed by atoms with Gasteiger partial charge < -0.3 is 5.32 Å². The van der Waals surface area contributed by atoms with Crippen LogP contribution in [0.15, 0.2) is 46.6 Å². The van der Waals surface area contributed by atoms with Crippen molar-refractivity contribution in [2.75, 3.05) is 0 Å². The SMILES string of the molecule is Cc1nn(CCCC(=O)NC2CCCc3ccccc32)c(=O)c2cc3sccc3n12. The molecule has 5 rings (SSSR count). The Bertz CT molecular complexity index is 1300. The first-order chi connectivity index (χ1) is 14.6. The van der Waals surface area contributed by atoms with Gasteiger partial charge in [-0.1, -0.05) is 24.3 Å². The van der Waals surface area contributed by atoms with Crippen LogP contribution in [0.2, 0.25) is 0 Å². The number of carbonyl (C=O) groups excluding carboxylic acids is 1. The van der Waals surface area contributed by atoms with Crippen molar-refractivity contribution < 1.29 is 4.79 Å². The van der Waals surface area contributed by atoms with E-state index in [1.54, 1.807) is 11.3 Å². The summed E-state index contributed by atoms with van der Waals surface area (Å²) in [5.74, 6) is 0.812. The summed E-state index contributed by atoms with van der Waals surface area (Å²) in [6.07, 6.45) is 4.11. The molecule has 1 aliphatic carbocycles. The number of hydrogen-bond donors (Lipinski definition) is 1. The van der Waals surface area contributed by atoms with Gasteiger partial charge in [-0.3, -0.25) is 14.0 Å². The van der Waals surface area contributed by atoms with E-state index < -0.39 is 0 Å². The minimum Gasteiger partial charge on any atom is -0.349 e. The first-order valence-electron chi connectivity index (χ1n) is 10.5. The van der Waals surface area contributed by atoms with Crippen molar-refractivity contribution in [3.8, 4) is 0 Å². The highest BCUT2D eigenvalue weighted by atomic mass is 32.1. The molecule has 1 amide bonds. The zero-order chi connectivity index (χ0) is 20.7. The molecule has 1 aliphatic rings. The first-order valence-corrected chi connectivity index (χ1v) is 11.3. The number of hydrogen-bond acceptors (Lipinski definition) is 4. The predicted molar refractivity (Wildman–Crippen MR) is 119 cm³/mol. The molecule has 3 heterocycles. The van der Waals surface area contributed by atoms with E-state index in [1.165, 1.54) is 15.8 Å². The summed E-state index contributed by atoms with van der Waals surface area (Å²) >= 11 is 1.62. The largest absolute Gasteiger partial charge is 0.349 e. The smallest absolute Gasteiger partial charge is 0.291 e. The first kappa shape index (κ1) is 19.1. The van der Waals surface area contributed by atoms with Crippen molar-refractivity contribution in [2.45, 2.75) is 51.6 Å². The molecule has 6 nitrogen and oxygen atoms in total. The topological polar surface area (TPSA) is 68.4 Å². The molecule has 1 aromatic carbocycles. The van der Waals surface area contributed by atoms with Gasteiger partial charge in [0.15, 0.2) is 0 Å². The van der Waals surface area contributed by atoms with Gasteiger partial charge in [-0.25, -0.2) is 4.68 Å². The number of nitrogens with one attached hydrogen (secondary N) is 1. The minimum absolute atomic E-state index is 0.0331. The molecule has 0 bridgehead atoms. The molecule has 0 spiro atoms. The second kappa shape index (κ2) is 7.72. The molecule has 1 atom stereocenters. The summed E-state index contributed by atoms with van der Waals surface area (Å²) < 4.78 is 4.50. The van der Waals surface area contributed by atoms with Crippen molar-refractivity contribution >= 4 is 33.0 Å². The van der Waals surface area contributed by atoms with E-state index in [4.69, 9.17) is 0 Å². The highest BCUT2D eigenvalue weighted by Gasteiger charge is 2.21. The number of nitrogens with zero attached hydrogens (tertiary/aromatic N) is 3. The van der Waals surface area contributed by atoms with Gasteiger partial charge in [-0.15, -0.1) is 11.3 Å². The number of rotatable bonds is 5. The van der Waals surface area contributed by atoms with Gasteiger partial charge in [0.25, 0.3) is 5.56 Å². The molecule has 0 aliphatic heterocycles. The predicted octanol–water partition coefficient (Wildman–Crippen LogP) is 3.99. The highest BCUT2D eigenvalue weighted by molar-refractivity contribution is 7.17. The lowest BCUT2D eigenvalue weighted by Gasteiger charge is -2.26. The van der Waals surface area contributed by atoms with Gasteiger partial charge in [0.2, 0.25) is 5.91 Å². The Morgan fingerprint density at radius 1 is 1.27 bits per heavy atom. The Morgan fingerprint density at radius 2 is 2.13 bits per heavy atom. The lowest BCUT2D eigenvalue weighted by atomic mass is 9.87. The monoisotopic (exact) mass is 420 g/mol. The second-order valence-electron chi connectivity index (χ2n) is 7.93. The Balaban J connectivity index is 1.26. The maximum absolute atomic E-state index is 12.9. The lowest BCUT2D eigenvalue weighted by Crippen LogP contribution is -2.31. The number of aromatic nitrogens is 3. The average molecular weight is 421 g/mol. The third kappa shape index (κ3) is 3.33. The summed E-state index contributed by atoms with van der Waals surface area (Å²) in [5, 5.41) is 9.69. The van der Waals surface area contributed by atoms with Crippen LogP contribution in [0.5, 0.6) is 0 Å². The second-order valence-corrected chi connectivity index (χ2v) is 8.87. The molecular formula is C23H24N4O2S. The van der Waals surface area contributed by atoms with Gasteiger partial charge in [0.1, 0.15) is 11.3 Å². The fourth-order valence-corrected chi connectivity index (χ4v) is 5.34. The van der Waals surface area contributed by atoms with Crippen LogP contribution >= 0.6 is 11.3 Å². The third-order valence-corrected chi connectivity index (χ3v) is 6.80. The van der Waals surface area contributed by atoms with E-state index in [-0.39, 0.29) is 17.5 Å². The summed E-state index contributed by atoms with van der Waals surface area (Å²) in [5.41, 5.74) is 4.14. The van der Waals surface area contributed by atoms with Crippen LogP contribution in [-0.4, -0.2) is 20.1 Å². The molecule has 0 saturated heterocycles. The van der Waals surface area contributed by atoms with E-state index in [0.29, 0.717) is 24.9 Å². The summed E-state index contributed by atoms with van der Waals surface area (Å²) in [6, 6.07) is 12.4. The molecule has 0 saturated carbocycles. The molecule has 1 N–H and O–H groups in total. The van der Waals surface area contributed by atoms with Crippen molar-refractivity contribution in [1.29, 1.82) is 0 Å². The van der Waals surface area contributed by atoms with E-state index >= 15 is 0 Å². The fraction of sp³-hybridized carbons (Fsp3) is 0.348. The van der Waals surface area contributed by atoms with E-state index in [9.17, 15) is 9.59 Å². The number of aryl methyl sites for hydroxylation is 3. The Morgan fingerprint density at radius 3 is 3.03 bits per heavy atom. The Kier molecular flexibility index (Phi) is 4.90. The van der Waals surface area contributed by atoms with Gasteiger partial charge >= 0.3 is 0 Å². The number of amides is 1. The number of benzene rings is 1. The Hall–Kier alpha value is -2.93. The minimum atomic E-state index is -0.106. The van der Waals surface area contributed by atoms with Crippen LogP contribution < -0.4 is 10.9 Å². The molecule has 4 aromatic rings. The van der Waals surface area contributed by atoms with Gasteiger partial charge in [-0.05, 0) is 61.2 Å². The van der Waals surface area contributed by atoms with Crippen molar-refractivity contribution in [1.82, 2.24) is 19.5 Å². The van der Waals surface area contributed by atoms with Crippen molar-refractivity contribution in [2.24, 2.45) is 0 Å².